The molecular weight excluding hydrogens is 613 g/mol. The maximum absolute atomic E-state index is 6.72. The Labute approximate surface area is 267 Å². The fraction of sp³-hybridized carbons (Fsp3) is 0.455. The van der Waals surface area contributed by atoms with Gasteiger partial charge in [0.05, 0.1) is 19.8 Å². The quantitative estimate of drug-likeness (QED) is 0.136. The molecule has 3 aromatic carbocycles. The van der Waals surface area contributed by atoms with Crippen molar-refractivity contribution in [3.8, 4) is 17.2 Å². The fourth-order valence-electron chi connectivity index (χ4n) is 3.29. The highest BCUT2D eigenvalue weighted by Crippen LogP contribution is 2.62. The zero-order chi connectivity index (χ0) is 32.1. The summed E-state index contributed by atoms with van der Waals surface area (Å²) in [5.74, 6) is 2.68. The largest absolute Gasteiger partial charge is 0.436 e. The fourth-order valence-corrected chi connectivity index (χ4v) is 9.44. The number of hydrogen-bond acceptors (Lipinski definition) is 7. The third-order valence-electron chi connectivity index (χ3n) is 5.69. The molecule has 0 aliphatic heterocycles. The van der Waals surface area contributed by atoms with E-state index in [1.165, 1.54) is 0 Å². The minimum Gasteiger partial charge on any atom is -0.436 e. The number of benzene rings is 3. The normalized spacial score (nSPS) is 14.4. The van der Waals surface area contributed by atoms with Crippen molar-refractivity contribution in [1.29, 1.82) is 0 Å². The standard InChI is InChI=1S/C33H49N2O6P3/c1-25(2)22-36-42(39-31-16-10-28(7)11-17-31)34-44(38-24-27(5)6,41-33-20-14-30(9)15-21-33)35-43(37-23-26(3)4)40-32-18-12-29(8)13-19-32/h10-21,25-27,34H,22-24H2,1-9H3. The Hall–Kier alpha value is -2.01. The van der Waals surface area contributed by atoms with Crippen molar-refractivity contribution in [3.05, 3.63) is 89.5 Å². The van der Waals surface area contributed by atoms with Gasteiger partial charge in [-0.05, 0) is 74.9 Å². The van der Waals surface area contributed by atoms with Crippen molar-refractivity contribution in [2.24, 2.45) is 22.3 Å². The monoisotopic (exact) mass is 662 g/mol. The lowest BCUT2D eigenvalue weighted by Crippen LogP contribution is -2.19. The van der Waals surface area contributed by atoms with E-state index in [0.29, 0.717) is 37.1 Å². The van der Waals surface area contributed by atoms with Crippen molar-refractivity contribution >= 4 is 24.7 Å². The molecule has 0 aromatic heterocycles. The molecule has 0 bridgehead atoms. The van der Waals surface area contributed by atoms with Gasteiger partial charge in [0.25, 0.3) is 0 Å². The van der Waals surface area contributed by atoms with Gasteiger partial charge in [0.2, 0.25) is 0 Å². The lowest BCUT2D eigenvalue weighted by atomic mass is 10.2. The Morgan fingerprint density at radius 2 is 1.02 bits per heavy atom. The number of nitrogens with zero attached hydrogens (tertiary/aromatic N) is 1. The second-order valence-electron chi connectivity index (χ2n) is 12.0. The summed E-state index contributed by atoms with van der Waals surface area (Å²) in [6.07, 6.45) is 0. The van der Waals surface area contributed by atoms with Crippen LogP contribution in [0, 0.1) is 38.5 Å². The van der Waals surface area contributed by atoms with Crippen LogP contribution in [0.1, 0.15) is 58.2 Å². The molecule has 8 nitrogen and oxygen atoms in total. The number of hydrogen-bond donors (Lipinski definition) is 1. The molecule has 0 saturated carbocycles. The first-order valence-corrected chi connectivity index (χ1v) is 19.0. The summed E-state index contributed by atoms with van der Waals surface area (Å²) < 4.78 is 43.9. The van der Waals surface area contributed by atoms with E-state index < -0.39 is 24.7 Å². The smallest absolute Gasteiger partial charge is 0.377 e. The second-order valence-corrected chi connectivity index (χ2v) is 16.9. The minimum atomic E-state index is -3.38. The summed E-state index contributed by atoms with van der Waals surface area (Å²) in [5.41, 5.74) is 3.39. The van der Waals surface area contributed by atoms with Gasteiger partial charge in [-0.15, -0.1) is 9.37 Å². The molecule has 3 atom stereocenters. The Bertz CT molecular complexity index is 1300. The molecule has 11 heteroatoms. The third-order valence-corrected chi connectivity index (χ3v) is 11.3. The highest BCUT2D eigenvalue weighted by Gasteiger charge is 2.35. The van der Waals surface area contributed by atoms with E-state index in [2.05, 4.69) is 46.4 Å². The lowest BCUT2D eigenvalue weighted by Gasteiger charge is -2.30. The lowest BCUT2D eigenvalue weighted by molar-refractivity contribution is 0.248. The van der Waals surface area contributed by atoms with E-state index >= 15 is 0 Å². The van der Waals surface area contributed by atoms with Crippen molar-refractivity contribution in [2.75, 3.05) is 19.8 Å². The Balaban J connectivity index is 2.13. The first kappa shape index (κ1) is 36.5. The molecule has 3 rings (SSSR count). The third kappa shape index (κ3) is 13.5. The summed E-state index contributed by atoms with van der Waals surface area (Å²) in [4.78, 5) is 3.49. The highest BCUT2D eigenvalue weighted by molar-refractivity contribution is 7.70. The maximum atomic E-state index is 6.72. The van der Waals surface area contributed by atoms with Crippen molar-refractivity contribution in [2.45, 2.75) is 62.3 Å². The SMILES string of the molecule is Cc1ccc(OP(N=P(NP(OCC(C)C)Oc2ccc(C)cc2)(OCC(C)C)Oc2ccc(C)cc2)OCC(C)C)cc1. The van der Waals surface area contributed by atoms with Crippen LogP contribution >= 0.6 is 24.7 Å². The van der Waals surface area contributed by atoms with Crippen LogP contribution < -0.4 is 18.4 Å². The topological polar surface area (TPSA) is 79.8 Å². The average Bonchev–Trinajstić information content (AvgIpc) is 2.97. The zero-order valence-electron chi connectivity index (χ0n) is 27.5. The van der Waals surface area contributed by atoms with Crippen LogP contribution in [0.5, 0.6) is 17.2 Å². The van der Waals surface area contributed by atoms with E-state index in [1.54, 1.807) is 0 Å². The second kappa shape index (κ2) is 18.2. The first-order chi connectivity index (χ1) is 20.9. The van der Waals surface area contributed by atoms with E-state index in [1.807, 2.05) is 93.6 Å². The molecule has 1 N–H and O–H groups in total. The van der Waals surface area contributed by atoms with E-state index in [0.717, 1.165) is 16.7 Å². The van der Waals surface area contributed by atoms with E-state index in [-0.39, 0.29) is 17.8 Å². The molecule has 0 spiro atoms. The Kier molecular flexibility index (Phi) is 15.1. The van der Waals surface area contributed by atoms with Crippen LogP contribution in [-0.4, -0.2) is 19.8 Å². The molecule has 0 radical (unpaired) electrons. The Morgan fingerprint density at radius 3 is 1.50 bits per heavy atom. The molecule has 0 aliphatic carbocycles. The van der Waals surface area contributed by atoms with Gasteiger partial charge < -0.3 is 27.1 Å². The molecular formula is C33H49N2O6P3. The number of rotatable bonds is 18. The van der Waals surface area contributed by atoms with Gasteiger partial charge >= 0.3 is 24.7 Å². The van der Waals surface area contributed by atoms with Crippen LogP contribution in [0.3, 0.4) is 0 Å². The van der Waals surface area contributed by atoms with Crippen LogP contribution in [-0.2, 0) is 13.6 Å². The first-order valence-electron chi connectivity index (χ1n) is 15.1. The number of aryl methyl sites for hydroxylation is 3. The van der Waals surface area contributed by atoms with Gasteiger partial charge in [-0.1, -0.05) is 94.6 Å². The number of nitrogens with one attached hydrogen (secondary N) is 1. The summed E-state index contributed by atoms with van der Waals surface area (Å²) >= 11 is 0. The predicted octanol–water partition coefficient (Wildman–Crippen LogP) is 11.2. The molecule has 242 valence electrons. The van der Waals surface area contributed by atoms with Crippen molar-refractivity contribution < 1.29 is 27.1 Å². The van der Waals surface area contributed by atoms with Gasteiger partial charge in [0, 0.05) is 0 Å². The molecule has 0 aliphatic rings. The molecule has 3 aromatic rings. The van der Waals surface area contributed by atoms with Gasteiger partial charge in [0.1, 0.15) is 17.2 Å². The summed E-state index contributed by atoms with van der Waals surface area (Å²) in [7, 11) is -7.00. The van der Waals surface area contributed by atoms with Crippen LogP contribution in [0.25, 0.3) is 0 Å². The van der Waals surface area contributed by atoms with Crippen LogP contribution in [0.2, 0.25) is 0 Å². The molecule has 0 amide bonds. The van der Waals surface area contributed by atoms with Crippen LogP contribution in [0.4, 0.5) is 0 Å². The zero-order valence-corrected chi connectivity index (χ0v) is 30.2. The molecule has 44 heavy (non-hydrogen) atoms. The minimum absolute atomic E-state index is 0.203. The van der Waals surface area contributed by atoms with Crippen LogP contribution in [0.15, 0.2) is 77.3 Å². The average molecular weight is 663 g/mol. The Morgan fingerprint density at radius 1 is 0.591 bits per heavy atom. The highest BCUT2D eigenvalue weighted by atomic mass is 31.3. The van der Waals surface area contributed by atoms with Crippen molar-refractivity contribution in [1.82, 2.24) is 4.86 Å². The van der Waals surface area contributed by atoms with E-state index in [9.17, 15) is 0 Å². The van der Waals surface area contributed by atoms with E-state index in [4.69, 9.17) is 31.7 Å². The summed E-state index contributed by atoms with van der Waals surface area (Å²) in [6, 6.07) is 23.5. The van der Waals surface area contributed by atoms with Gasteiger partial charge in [0.15, 0.2) is 0 Å². The maximum Gasteiger partial charge on any atom is 0.377 e. The van der Waals surface area contributed by atoms with Gasteiger partial charge in [-0.3, -0.25) is 0 Å². The summed E-state index contributed by atoms with van der Waals surface area (Å²) in [6.45, 7) is 20.0. The molecule has 0 fully saturated rings. The van der Waals surface area contributed by atoms with Gasteiger partial charge in [-0.2, -0.15) is 0 Å². The van der Waals surface area contributed by atoms with Gasteiger partial charge in [-0.25, -0.2) is 0 Å². The molecule has 3 unspecified atom stereocenters. The molecule has 0 saturated heterocycles. The predicted molar refractivity (Wildman–Crippen MR) is 184 cm³/mol. The van der Waals surface area contributed by atoms with Crippen molar-refractivity contribution in [3.63, 3.8) is 0 Å². The summed E-state index contributed by atoms with van der Waals surface area (Å²) in [5, 5.41) is 0. The molecule has 0 heterocycles.